The summed E-state index contributed by atoms with van der Waals surface area (Å²) >= 11 is 0. The topological polar surface area (TPSA) is 35.5 Å². The molecule has 2 aliphatic rings. The van der Waals surface area contributed by atoms with Crippen molar-refractivity contribution in [3.8, 4) is 0 Å². The molecule has 1 saturated carbocycles. The van der Waals surface area contributed by atoms with Crippen LogP contribution in [0.15, 0.2) is 0 Å². The summed E-state index contributed by atoms with van der Waals surface area (Å²) in [4.78, 5) is 2.32. The summed E-state index contributed by atoms with van der Waals surface area (Å²) in [7, 11) is 2.15. The predicted octanol–water partition coefficient (Wildman–Crippen LogP) is 1.37. The molecule has 0 amide bonds. The minimum Gasteiger partial charge on any atom is -0.394 e. The number of hydrogen-bond acceptors (Lipinski definition) is 3. The molecule has 0 spiro atoms. The van der Waals surface area contributed by atoms with Crippen LogP contribution in [0.5, 0.6) is 0 Å². The van der Waals surface area contributed by atoms with E-state index in [9.17, 15) is 5.11 Å². The Balaban J connectivity index is 1.90. The highest BCUT2D eigenvalue weighted by atomic mass is 16.3. The van der Waals surface area contributed by atoms with E-state index in [-0.39, 0.29) is 12.1 Å². The molecule has 2 fully saturated rings. The van der Waals surface area contributed by atoms with Crippen LogP contribution in [0.1, 0.15) is 44.9 Å². The van der Waals surface area contributed by atoms with Crippen LogP contribution in [0, 0.1) is 0 Å². The number of hydrogen-bond donors (Lipinski definition) is 2. The van der Waals surface area contributed by atoms with Gasteiger partial charge in [0.2, 0.25) is 0 Å². The molecule has 3 heteroatoms. The molecule has 3 nitrogen and oxygen atoms in total. The van der Waals surface area contributed by atoms with Gasteiger partial charge in [-0.3, -0.25) is 0 Å². The summed E-state index contributed by atoms with van der Waals surface area (Å²) in [5.74, 6) is 0. The maximum absolute atomic E-state index is 9.65. The van der Waals surface area contributed by atoms with E-state index in [1.54, 1.807) is 0 Å². The van der Waals surface area contributed by atoms with Crippen molar-refractivity contribution in [2.24, 2.45) is 0 Å². The van der Waals surface area contributed by atoms with E-state index in [1.165, 1.54) is 38.5 Å². The molecular weight excluding hydrogens is 200 g/mol. The molecule has 0 aromatic rings. The van der Waals surface area contributed by atoms with Gasteiger partial charge < -0.3 is 15.3 Å². The molecule has 0 aromatic carbocycles. The Morgan fingerprint density at radius 1 is 1.25 bits per heavy atom. The van der Waals surface area contributed by atoms with Crippen LogP contribution in [0.2, 0.25) is 0 Å². The van der Waals surface area contributed by atoms with Gasteiger partial charge >= 0.3 is 0 Å². The third-order valence-corrected chi connectivity index (χ3v) is 4.21. The summed E-state index contributed by atoms with van der Waals surface area (Å²) in [6.45, 7) is 2.40. The lowest BCUT2D eigenvalue weighted by atomic mass is 9.96. The highest BCUT2D eigenvalue weighted by Gasteiger charge is 2.37. The van der Waals surface area contributed by atoms with Crippen molar-refractivity contribution in [3.05, 3.63) is 0 Å². The highest BCUT2D eigenvalue weighted by molar-refractivity contribution is 4.98. The van der Waals surface area contributed by atoms with Crippen LogP contribution in [-0.2, 0) is 0 Å². The number of nitrogens with one attached hydrogen (secondary N) is 1. The summed E-state index contributed by atoms with van der Waals surface area (Å²) in [6, 6.07) is 0.640. The van der Waals surface area contributed by atoms with Crippen molar-refractivity contribution in [1.82, 2.24) is 10.2 Å². The van der Waals surface area contributed by atoms with Gasteiger partial charge in [0, 0.05) is 12.6 Å². The first kappa shape index (κ1) is 12.3. The van der Waals surface area contributed by atoms with Crippen molar-refractivity contribution >= 4 is 0 Å². The molecule has 1 aliphatic carbocycles. The van der Waals surface area contributed by atoms with Gasteiger partial charge in [-0.05, 0) is 32.9 Å². The molecule has 16 heavy (non-hydrogen) atoms. The van der Waals surface area contributed by atoms with E-state index >= 15 is 0 Å². The van der Waals surface area contributed by atoms with Gasteiger partial charge in [-0.1, -0.05) is 25.7 Å². The summed E-state index contributed by atoms with van der Waals surface area (Å²) < 4.78 is 0. The Hall–Kier alpha value is -0.120. The first-order chi connectivity index (χ1) is 7.74. The third kappa shape index (κ3) is 2.96. The van der Waals surface area contributed by atoms with E-state index in [0.29, 0.717) is 6.04 Å². The van der Waals surface area contributed by atoms with Gasteiger partial charge in [-0.25, -0.2) is 0 Å². The largest absolute Gasteiger partial charge is 0.394 e. The lowest BCUT2D eigenvalue weighted by molar-refractivity contribution is 0.147. The number of rotatable bonds is 3. The molecule has 1 atom stereocenters. The lowest BCUT2D eigenvalue weighted by Crippen LogP contribution is -2.54. The van der Waals surface area contributed by atoms with Gasteiger partial charge in [0.25, 0.3) is 0 Å². The molecule has 1 saturated heterocycles. The first-order valence-corrected chi connectivity index (χ1v) is 6.81. The van der Waals surface area contributed by atoms with Crippen LogP contribution < -0.4 is 5.32 Å². The number of nitrogens with zero attached hydrogens (tertiary/aromatic N) is 1. The van der Waals surface area contributed by atoms with Crippen molar-refractivity contribution in [3.63, 3.8) is 0 Å². The van der Waals surface area contributed by atoms with Gasteiger partial charge in [-0.15, -0.1) is 0 Å². The third-order valence-electron chi connectivity index (χ3n) is 4.21. The fourth-order valence-electron chi connectivity index (χ4n) is 3.23. The van der Waals surface area contributed by atoms with Gasteiger partial charge in [0.05, 0.1) is 12.1 Å². The molecule has 0 aromatic heterocycles. The zero-order valence-electron chi connectivity index (χ0n) is 10.5. The van der Waals surface area contributed by atoms with Gasteiger partial charge in [0.15, 0.2) is 0 Å². The Bertz CT molecular complexity index is 214. The molecule has 2 N–H and O–H groups in total. The average molecular weight is 226 g/mol. The smallest absolute Gasteiger partial charge is 0.0626 e. The Kier molecular flexibility index (Phi) is 4.22. The van der Waals surface area contributed by atoms with Crippen LogP contribution >= 0.6 is 0 Å². The quantitative estimate of drug-likeness (QED) is 0.713. The molecule has 94 valence electrons. The van der Waals surface area contributed by atoms with Gasteiger partial charge in [0.1, 0.15) is 0 Å². The Morgan fingerprint density at radius 2 is 1.94 bits per heavy atom. The molecule has 1 aliphatic heterocycles. The zero-order chi connectivity index (χ0) is 11.4. The summed E-state index contributed by atoms with van der Waals surface area (Å²) in [5, 5.41) is 13.4. The van der Waals surface area contributed by atoms with Gasteiger partial charge in [-0.2, -0.15) is 0 Å². The van der Waals surface area contributed by atoms with E-state index in [0.717, 1.165) is 19.5 Å². The average Bonchev–Trinajstić information content (AvgIpc) is 2.51. The summed E-state index contributed by atoms with van der Waals surface area (Å²) in [6.07, 6.45) is 9.19. The zero-order valence-corrected chi connectivity index (χ0v) is 10.5. The van der Waals surface area contributed by atoms with Crippen molar-refractivity contribution in [2.45, 2.75) is 56.5 Å². The Morgan fingerprint density at radius 3 is 2.44 bits per heavy atom. The monoisotopic (exact) mass is 226 g/mol. The molecule has 0 radical (unpaired) electrons. The number of likely N-dealkylation sites (N-methyl/N-ethyl adjacent to an activating group) is 1. The maximum atomic E-state index is 9.65. The second-order valence-corrected chi connectivity index (χ2v) is 5.76. The first-order valence-electron chi connectivity index (χ1n) is 6.81. The maximum Gasteiger partial charge on any atom is 0.0626 e. The lowest BCUT2D eigenvalue weighted by Gasteiger charge is -2.33. The Labute approximate surface area is 99.2 Å². The van der Waals surface area contributed by atoms with Crippen molar-refractivity contribution in [1.29, 1.82) is 0 Å². The minimum absolute atomic E-state index is 0.0102. The van der Waals surface area contributed by atoms with Crippen LogP contribution in [0.3, 0.4) is 0 Å². The van der Waals surface area contributed by atoms with E-state index in [4.69, 9.17) is 0 Å². The molecule has 0 bridgehead atoms. The predicted molar refractivity (Wildman–Crippen MR) is 66.6 cm³/mol. The minimum atomic E-state index is -0.0102. The fourth-order valence-corrected chi connectivity index (χ4v) is 3.23. The molecule has 1 unspecified atom stereocenters. The SMILES string of the molecule is CN1CCC(CO)(NC2CCCCCC2)C1. The van der Waals surface area contributed by atoms with E-state index < -0.39 is 0 Å². The number of aliphatic hydroxyl groups is 1. The number of aliphatic hydroxyl groups excluding tert-OH is 1. The van der Waals surface area contributed by atoms with E-state index in [1.807, 2.05) is 0 Å². The molecular formula is C13H26N2O. The molecule has 2 rings (SSSR count). The number of likely N-dealkylation sites (tertiary alicyclic amines) is 1. The van der Waals surface area contributed by atoms with E-state index in [2.05, 4.69) is 17.3 Å². The van der Waals surface area contributed by atoms with Crippen LogP contribution in [0.25, 0.3) is 0 Å². The highest BCUT2D eigenvalue weighted by Crippen LogP contribution is 2.24. The fraction of sp³-hybridized carbons (Fsp3) is 1.00. The second-order valence-electron chi connectivity index (χ2n) is 5.76. The standard InChI is InChI=1S/C13H26N2O/c1-15-9-8-13(10-15,11-16)14-12-6-4-2-3-5-7-12/h12,14,16H,2-11H2,1H3. The molecule has 1 heterocycles. The second kappa shape index (κ2) is 5.48. The van der Waals surface area contributed by atoms with Crippen molar-refractivity contribution < 1.29 is 5.11 Å². The van der Waals surface area contributed by atoms with Crippen LogP contribution in [-0.4, -0.2) is 48.3 Å². The van der Waals surface area contributed by atoms with Crippen molar-refractivity contribution in [2.75, 3.05) is 26.7 Å². The summed E-state index contributed by atoms with van der Waals surface area (Å²) in [5.41, 5.74) is -0.0102. The normalized spacial score (nSPS) is 34.1. The van der Waals surface area contributed by atoms with Crippen LogP contribution in [0.4, 0.5) is 0 Å².